The van der Waals surface area contributed by atoms with Crippen molar-refractivity contribution in [1.29, 1.82) is 0 Å². The van der Waals surface area contributed by atoms with Crippen LogP contribution >= 0.6 is 0 Å². The molecule has 0 atom stereocenters. The fraction of sp³-hybridized carbons (Fsp3) is 0.250. The van der Waals surface area contributed by atoms with Crippen LogP contribution in [0.4, 0.5) is 11.9 Å². The topological polar surface area (TPSA) is 107 Å². The number of anilines is 2. The van der Waals surface area contributed by atoms with Crippen LogP contribution < -0.4 is 10.6 Å². The molecule has 0 radical (unpaired) electrons. The van der Waals surface area contributed by atoms with Gasteiger partial charge in [-0.15, -0.1) is 0 Å². The van der Waals surface area contributed by atoms with Crippen molar-refractivity contribution >= 4 is 17.9 Å². The van der Waals surface area contributed by atoms with Gasteiger partial charge < -0.3 is 15.4 Å². The van der Waals surface area contributed by atoms with Crippen LogP contribution in [-0.4, -0.2) is 40.0 Å². The molecule has 0 saturated carbocycles. The molecule has 2 aromatic rings. The van der Waals surface area contributed by atoms with Crippen LogP contribution in [0.15, 0.2) is 24.4 Å². The molecule has 2 N–H and O–H groups in total. The van der Waals surface area contributed by atoms with Gasteiger partial charge in [0.15, 0.2) is 12.4 Å². The second kappa shape index (κ2) is 5.91. The Morgan fingerprint density at radius 1 is 1.30 bits per heavy atom. The largest absolute Gasteiger partial charge is 0.453 e. The summed E-state index contributed by atoms with van der Waals surface area (Å²) >= 11 is 0. The average Bonchev–Trinajstić information content (AvgIpc) is 2.45. The summed E-state index contributed by atoms with van der Waals surface area (Å²) in [4.78, 5) is 29.3. The van der Waals surface area contributed by atoms with E-state index in [1.165, 1.54) is 6.20 Å². The van der Waals surface area contributed by atoms with Gasteiger partial charge in [-0.05, 0) is 12.1 Å². The van der Waals surface area contributed by atoms with E-state index in [2.05, 4.69) is 19.9 Å². The number of nitrogens with two attached hydrogens (primary N) is 1. The lowest BCUT2D eigenvalue weighted by atomic mass is 10.3. The summed E-state index contributed by atoms with van der Waals surface area (Å²) in [5.74, 6) is 0.218. The minimum absolute atomic E-state index is 0.0765. The second-order valence-corrected chi connectivity index (χ2v) is 4.10. The normalized spacial score (nSPS) is 10.1. The third-order valence-electron chi connectivity index (χ3n) is 2.29. The molecule has 0 saturated heterocycles. The SMILES string of the molecule is CN(C)c1nc(N)nc(COC(=O)c2ccccn2)n1. The lowest BCUT2D eigenvalue weighted by molar-refractivity contribution is 0.0455. The number of pyridine rings is 1. The number of nitrogen functional groups attached to an aromatic ring is 1. The summed E-state index contributed by atoms with van der Waals surface area (Å²) in [5, 5.41) is 0. The van der Waals surface area contributed by atoms with Crippen molar-refractivity contribution in [3.63, 3.8) is 0 Å². The zero-order valence-corrected chi connectivity index (χ0v) is 11.1. The Kier molecular flexibility index (Phi) is 4.04. The molecule has 2 rings (SSSR count). The molecule has 2 aromatic heterocycles. The van der Waals surface area contributed by atoms with E-state index < -0.39 is 5.97 Å². The average molecular weight is 274 g/mol. The molecule has 0 amide bonds. The van der Waals surface area contributed by atoms with Crippen LogP contribution in [0.3, 0.4) is 0 Å². The molecule has 0 unspecified atom stereocenters. The maximum absolute atomic E-state index is 11.7. The number of ether oxygens (including phenoxy) is 1. The highest BCUT2D eigenvalue weighted by Gasteiger charge is 2.11. The minimum atomic E-state index is -0.545. The highest BCUT2D eigenvalue weighted by atomic mass is 16.5. The standard InChI is InChI=1S/C12H14N6O2/c1-18(2)12-16-9(15-11(13)17-12)7-20-10(19)8-5-3-4-6-14-8/h3-6H,7H2,1-2H3,(H2,13,15,16,17). The molecule has 20 heavy (non-hydrogen) atoms. The Hall–Kier alpha value is -2.77. The van der Waals surface area contributed by atoms with E-state index in [9.17, 15) is 4.79 Å². The zero-order valence-electron chi connectivity index (χ0n) is 11.1. The van der Waals surface area contributed by atoms with Gasteiger partial charge in [-0.1, -0.05) is 6.07 Å². The third-order valence-corrected chi connectivity index (χ3v) is 2.29. The van der Waals surface area contributed by atoms with Crippen molar-refractivity contribution in [3.05, 3.63) is 35.9 Å². The maximum atomic E-state index is 11.7. The van der Waals surface area contributed by atoms with Crippen molar-refractivity contribution in [2.45, 2.75) is 6.61 Å². The van der Waals surface area contributed by atoms with Gasteiger partial charge in [0.2, 0.25) is 11.9 Å². The van der Waals surface area contributed by atoms with E-state index in [1.54, 1.807) is 37.2 Å². The molecule has 0 aliphatic rings. The van der Waals surface area contributed by atoms with Gasteiger partial charge in [-0.2, -0.15) is 15.0 Å². The Balaban J connectivity index is 2.06. The quantitative estimate of drug-likeness (QED) is 0.792. The molecule has 0 bridgehead atoms. The van der Waals surface area contributed by atoms with Gasteiger partial charge in [0.1, 0.15) is 5.69 Å². The lowest BCUT2D eigenvalue weighted by Gasteiger charge is -2.11. The number of carbonyl (C=O) groups is 1. The minimum Gasteiger partial charge on any atom is -0.453 e. The first kappa shape index (κ1) is 13.7. The summed E-state index contributed by atoms with van der Waals surface area (Å²) in [5.41, 5.74) is 5.80. The van der Waals surface area contributed by atoms with E-state index in [0.29, 0.717) is 5.95 Å². The molecule has 8 heteroatoms. The number of esters is 1. The first-order chi connectivity index (χ1) is 9.56. The molecule has 2 heterocycles. The number of hydrogen-bond donors (Lipinski definition) is 1. The molecule has 0 aliphatic carbocycles. The predicted octanol–water partition coefficient (Wildman–Crippen LogP) is 0.272. The monoisotopic (exact) mass is 274 g/mol. The van der Waals surface area contributed by atoms with Gasteiger partial charge in [-0.25, -0.2) is 9.78 Å². The van der Waals surface area contributed by atoms with Gasteiger partial charge in [-0.3, -0.25) is 0 Å². The highest BCUT2D eigenvalue weighted by molar-refractivity contribution is 5.86. The summed E-state index contributed by atoms with van der Waals surface area (Å²) in [6.45, 7) is -0.0943. The smallest absolute Gasteiger partial charge is 0.357 e. The zero-order chi connectivity index (χ0) is 14.5. The van der Waals surface area contributed by atoms with E-state index >= 15 is 0 Å². The van der Waals surface area contributed by atoms with Gasteiger partial charge >= 0.3 is 5.97 Å². The molecule has 0 spiro atoms. The summed E-state index contributed by atoms with van der Waals surface area (Å²) in [6.07, 6.45) is 1.52. The number of hydrogen-bond acceptors (Lipinski definition) is 8. The fourth-order valence-electron chi connectivity index (χ4n) is 1.38. The molecule has 0 aromatic carbocycles. The van der Waals surface area contributed by atoms with E-state index in [1.807, 2.05) is 0 Å². The van der Waals surface area contributed by atoms with E-state index in [-0.39, 0.29) is 24.1 Å². The number of nitrogens with zero attached hydrogens (tertiary/aromatic N) is 5. The number of aromatic nitrogens is 4. The first-order valence-electron chi connectivity index (χ1n) is 5.82. The maximum Gasteiger partial charge on any atom is 0.357 e. The van der Waals surface area contributed by atoms with Crippen LogP contribution in [0, 0.1) is 0 Å². The van der Waals surface area contributed by atoms with Crippen LogP contribution in [0.1, 0.15) is 16.3 Å². The summed E-state index contributed by atoms with van der Waals surface area (Å²) in [6, 6.07) is 4.98. The van der Waals surface area contributed by atoms with E-state index in [4.69, 9.17) is 10.5 Å². The van der Waals surface area contributed by atoms with Gasteiger partial charge in [0.25, 0.3) is 0 Å². The van der Waals surface area contributed by atoms with Crippen LogP contribution in [0.5, 0.6) is 0 Å². The highest BCUT2D eigenvalue weighted by Crippen LogP contribution is 2.07. The van der Waals surface area contributed by atoms with Crippen molar-refractivity contribution in [3.8, 4) is 0 Å². The number of rotatable bonds is 4. The van der Waals surface area contributed by atoms with Crippen LogP contribution in [0.25, 0.3) is 0 Å². The van der Waals surface area contributed by atoms with Crippen molar-refractivity contribution in [2.24, 2.45) is 0 Å². The summed E-state index contributed by atoms with van der Waals surface area (Å²) in [7, 11) is 3.55. The fourth-order valence-corrected chi connectivity index (χ4v) is 1.38. The van der Waals surface area contributed by atoms with Gasteiger partial charge in [0.05, 0.1) is 0 Å². The first-order valence-corrected chi connectivity index (χ1v) is 5.82. The Morgan fingerprint density at radius 3 is 2.75 bits per heavy atom. The molecular weight excluding hydrogens is 260 g/mol. The molecule has 104 valence electrons. The van der Waals surface area contributed by atoms with E-state index in [0.717, 1.165) is 0 Å². The van der Waals surface area contributed by atoms with Crippen LogP contribution in [0.2, 0.25) is 0 Å². The Labute approximate surface area is 115 Å². The van der Waals surface area contributed by atoms with Crippen molar-refractivity contribution in [2.75, 3.05) is 24.7 Å². The number of carbonyl (C=O) groups excluding carboxylic acids is 1. The Bertz CT molecular complexity index is 602. The van der Waals surface area contributed by atoms with Gasteiger partial charge in [0, 0.05) is 20.3 Å². The molecule has 0 aliphatic heterocycles. The second-order valence-electron chi connectivity index (χ2n) is 4.10. The molecule has 8 nitrogen and oxygen atoms in total. The van der Waals surface area contributed by atoms with Crippen LogP contribution in [-0.2, 0) is 11.3 Å². The third kappa shape index (κ3) is 3.37. The predicted molar refractivity (Wildman–Crippen MR) is 71.9 cm³/mol. The Morgan fingerprint density at radius 2 is 2.10 bits per heavy atom. The molecule has 0 fully saturated rings. The lowest BCUT2D eigenvalue weighted by Crippen LogP contribution is -2.17. The van der Waals surface area contributed by atoms with Crippen molar-refractivity contribution in [1.82, 2.24) is 19.9 Å². The van der Waals surface area contributed by atoms with Crippen molar-refractivity contribution < 1.29 is 9.53 Å². The summed E-state index contributed by atoms with van der Waals surface area (Å²) < 4.78 is 5.08. The molecular formula is C12H14N6O2.